The van der Waals surface area contributed by atoms with Gasteiger partial charge >= 0.3 is 0 Å². The standard InChI is InChI=1S/C34H27N5O12S3/c1-18-10-27(37-39-33-31(54(48,49)50)14-19-11-22(8-9-25(19)34(33)41)35-21-6-4-3-5-7-21)30(51-2)17-26(18)36-38-28-15-23(52(42,43)44)12-20-13-24(53(45,46)47)16-29(40)32(20)28/h3-17,35,40-41H,1-2H3,(H,42,43,44)(H,45,46,47)(H,48,49,50)/b38-36+,39-37+. The molecule has 0 radical (unpaired) electrons. The zero-order chi connectivity index (χ0) is 39.2. The predicted octanol–water partition coefficient (Wildman–Crippen LogP) is 8.04. The average molecular weight is 794 g/mol. The van der Waals surface area contributed by atoms with Crippen LogP contribution in [0.3, 0.4) is 0 Å². The van der Waals surface area contributed by atoms with Crippen LogP contribution in [-0.4, -0.2) is 56.2 Å². The van der Waals surface area contributed by atoms with Crippen molar-refractivity contribution < 1.29 is 53.9 Å². The quantitative estimate of drug-likeness (QED) is 0.0566. The van der Waals surface area contributed by atoms with Gasteiger partial charge in [0.25, 0.3) is 30.4 Å². The molecule has 0 unspecified atom stereocenters. The lowest BCUT2D eigenvalue weighted by Gasteiger charge is -2.12. The molecule has 0 heterocycles. The molecule has 6 N–H and O–H groups in total. The molecule has 6 aromatic rings. The van der Waals surface area contributed by atoms with E-state index in [1.54, 1.807) is 19.1 Å². The van der Waals surface area contributed by atoms with Crippen molar-refractivity contribution in [2.75, 3.05) is 12.4 Å². The Labute approximate surface area is 307 Å². The van der Waals surface area contributed by atoms with Crippen LogP contribution in [0.1, 0.15) is 5.56 Å². The molecule has 0 saturated carbocycles. The van der Waals surface area contributed by atoms with Crippen LogP contribution in [0.15, 0.2) is 126 Å². The van der Waals surface area contributed by atoms with Crippen LogP contribution in [0.2, 0.25) is 0 Å². The van der Waals surface area contributed by atoms with Crippen molar-refractivity contribution in [3.05, 3.63) is 96.6 Å². The van der Waals surface area contributed by atoms with Gasteiger partial charge in [0.15, 0.2) is 5.75 Å². The molecule has 0 aromatic heterocycles. The minimum absolute atomic E-state index is 0.0146. The number of aromatic hydroxyl groups is 2. The molecule has 0 aliphatic heterocycles. The number of para-hydroxylation sites is 1. The SMILES string of the molecule is COc1cc(/N=N/c2cc(S(=O)(=O)O)cc3cc(S(=O)(=O)O)cc(O)c23)c(C)cc1/N=N/c1c(S(=O)(=O)O)cc2cc(Nc3ccccc3)ccc2c1O. The van der Waals surface area contributed by atoms with Crippen molar-refractivity contribution >= 4 is 86.0 Å². The third-order valence-electron chi connectivity index (χ3n) is 7.96. The summed E-state index contributed by atoms with van der Waals surface area (Å²) in [7, 11) is -13.4. The van der Waals surface area contributed by atoms with E-state index in [1.165, 1.54) is 25.3 Å². The molecule has 0 atom stereocenters. The van der Waals surface area contributed by atoms with Crippen LogP contribution >= 0.6 is 0 Å². The summed E-state index contributed by atoms with van der Waals surface area (Å²) >= 11 is 0. The Morgan fingerprint density at radius 1 is 0.611 bits per heavy atom. The summed E-state index contributed by atoms with van der Waals surface area (Å²) in [5.41, 5.74) is 0.952. The Hall–Kier alpha value is -6.03. The van der Waals surface area contributed by atoms with Gasteiger partial charge in [-0.25, -0.2) is 0 Å². The van der Waals surface area contributed by atoms with Gasteiger partial charge in [-0.05, 0) is 83.9 Å². The Bertz CT molecular complexity index is 2900. The highest BCUT2D eigenvalue weighted by Crippen LogP contribution is 2.44. The molecule has 6 rings (SSSR count). The van der Waals surface area contributed by atoms with Crippen molar-refractivity contribution in [3.63, 3.8) is 0 Å². The first-order valence-electron chi connectivity index (χ1n) is 15.2. The van der Waals surface area contributed by atoms with E-state index in [0.717, 1.165) is 36.0 Å². The molecule has 0 fully saturated rings. The third-order valence-corrected chi connectivity index (χ3v) is 10.5. The Kier molecular flexibility index (Phi) is 9.83. The molecule has 54 heavy (non-hydrogen) atoms. The number of methoxy groups -OCH3 is 1. The summed E-state index contributed by atoms with van der Waals surface area (Å²) in [6, 6.07) is 21.1. The molecule has 20 heteroatoms. The van der Waals surface area contributed by atoms with E-state index in [0.29, 0.717) is 11.3 Å². The van der Waals surface area contributed by atoms with Crippen molar-refractivity contribution in [2.24, 2.45) is 20.5 Å². The molecule has 17 nitrogen and oxygen atoms in total. The highest BCUT2D eigenvalue weighted by molar-refractivity contribution is 7.86. The van der Waals surface area contributed by atoms with Crippen LogP contribution in [0.25, 0.3) is 21.5 Å². The van der Waals surface area contributed by atoms with Crippen molar-refractivity contribution in [1.29, 1.82) is 0 Å². The number of fused-ring (bicyclic) bond motifs is 2. The second-order valence-corrected chi connectivity index (χ2v) is 15.9. The van der Waals surface area contributed by atoms with Gasteiger partial charge < -0.3 is 20.3 Å². The number of azo groups is 2. The van der Waals surface area contributed by atoms with Gasteiger partial charge in [-0.2, -0.15) is 30.4 Å². The number of rotatable bonds is 10. The molecule has 0 bridgehead atoms. The fourth-order valence-electron chi connectivity index (χ4n) is 5.43. The molecule has 278 valence electrons. The predicted molar refractivity (Wildman–Crippen MR) is 196 cm³/mol. The molecule has 0 aliphatic rings. The minimum atomic E-state index is -4.93. The molecule has 0 spiro atoms. The smallest absolute Gasteiger partial charge is 0.296 e. The normalized spacial score (nSPS) is 12.6. The zero-order valence-electron chi connectivity index (χ0n) is 27.8. The van der Waals surface area contributed by atoms with Gasteiger partial charge in [0.1, 0.15) is 27.8 Å². The maximum absolute atomic E-state index is 12.5. The summed E-state index contributed by atoms with van der Waals surface area (Å²) in [4.78, 5) is -2.19. The van der Waals surface area contributed by atoms with Crippen molar-refractivity contribution in [3.8, 4) is 17.2 Å². The summed E-state index contributed by atoms with van der Waals surface area (Å²) in [6.45, 7) is 1.56. The Morgan fingerprint density at radius 2 is 1.24 bits per heavy atom. The Balaban J connectivity index is 1.40. The van der Waals surface area contributed by atoms with Crippen LogP contribution in [0, 0.1) is 6.92 Å². The Morgan fingerprint density at radius 3 is 1.87 bits per heavy atom. The van der Waals surface area contributed by atoms with Crippen LogP contribution in [-0.2, 0) is 30.4 Å². The number of nitrogens with one attached hydrogen (secondary N) is 1. The largest absolute Gasteiger partial charge is 0.507 e. The van der Waals surface area contributed by atoms with Gasteiger partial charge in [-0.1, -0.05) is 18.2 Å². The van der Waals surface area contributed by atoms with E-state index in [-0.39, 0.29) is 44.4 Å². The van der Waals surface area contributed by atoms with E-state index in [9.17, 15) is 49.1 Å². The maximum atomic E-state index is 12.5. The molecule has 6 aromatic carbocycles. The van der Waals surface area contributed by atoms with E-state index in [2.05, 4.69) is 25.8 Å². The van der Waals surface area contributed by atoms with Crippen molar-refractivity contribution in [2.45, 2.75) is 21.6 Å². The minimum Gasteiger partial charge on any atom is -0.507 e. The number of phenolic OH excluding ortho intramolecular Hbond substituents is 2. The van der Waals surface area contributed by atoms with E-state index in [1.807, 2.05) is 30.3 Å². The molecule has 0 amide bonds. The highest BCUT2D eigenvalue weighted by Gasteiger charge is 2.23. The summed E-state index contributed by atoms with van der Waals surface area (Å²) in [6.07, 6.45) is 0. The van der Waals surface area contributed by atoms with Gasteiger partial charge in [0.05, 0.1) is 33.7 Å². The second kappa shape index (κ2) is 14.1. The van der Waals surface area contributed by atoms with E-state index >= 15 is 0 Å². The topological polar surface area (TPSA) is 274 Å². The monoisotopic (exact) mass is 793 g/mol. The van der Waals surface area contributed by atoms with Gasteiger partial charge in [-0.3, -0.25) is 13.7 Å². The lowest BCUT2D eigenvalue weighted by Crippen LogP contribution is -2.00. The van der Waals surface area contributed by atoms with Crippen molar-refractivity contribution in [1.82, 2.24) is 0 Å². The van der Waals surface area contributed by atoms with Gasteiger partial charge in [0, 0.05) is 28.9 Å². The lowest BCUT2D eigenvalue weighted by molar-refractivity contribution is 0.416. The summed E-state index contributed by atoms with van der Waals surface area (Å²) in [5, 5.41) is 41.2. The number of ether oxygens (including phenoxy) is 1. The maximum Gasteiger partial charge on any atom is 0.296 e. The van der Waals surface area contributed by atoms with Crippen LogP contribution < -0.4 is 10.1 Å². The zero-order valence-corrected chi connectivity index (χ0v) is 30.2. The number of benzene rings is 6. The molecular formula is C34H27N5O12S3. The lowest BCUT2D eigenvalue weighted by atomic mass is 10.1. The first kappa shape index (κ1) is 37.7. The number of hydrogen-bond donors (Lipinski definition) is 6. The number of aryl methyl sites for hydroxylation is 1. The fraction of sp³-hybridized carbons (Fsp3) is 0.0588. The van der Waals surface area contributed by atoms with E-state index in [4.69, 9.17) is 4.74 Å². The first-order valence-corrected chi connectivity index (χ1v) is 19.5. The third kappa shape index (κ3) is 7.83. The van der Waals surface area contributed by atoms with Gasteiger partial charge in [-0.15, -0.1) is 15.3 Å². The van der Waals surface area contributed by atoms with Gasteiger partial charge in [0.2, 0.25) is 0 Å². The average Bonchev–Trinajstić information content (AvgIpc) is 3.09. The second-order valence-electron chi connectivity index (χ2n) is 11.6. The van der Waals surface area contributed by atoms with E-state index < -0.39 is 62.2 Å². The first-order chi connectivity index (χ1) is 25.3. The summed E-state index contributed by atoms with van der Waals surface area (Å²) in [5.74, 6) is -1.27. The summed E-state index contributed by atoms with van der Waals surface area (Å²) < 4.78 is 107. The van der Waals surface area contributed by atoms with Crippen LogP contribution in [0.5, 0.6) is 17.2 Å². The number of nitrogens with zero attached hydrogens (tertiary/aromatic N) is 4. The number of anilines is 2. The number of hydrogen-bond acceptors (Lipinski definition) is 14. The molecule has 0 aliphatic carbocycles. The van der Waals surface area contributed by atoms with Crippen LogP contribution in [0.4, 0.5) is 34.1 Å². The molecule has 0 saturated heterocycles. The highest BCUT2D eigenvalue weighted by atomic mass is 32.2. The number of phenols is 2. The fourth-order valence-corrected chi connectivity index (χ4v) is 7.16. The molecular weight excluding hydrogens is 767 g/mol.